The van der Waals surface area contributed by atoms with Crippen molar-refractivity contribution in [3.8, 4) is 0 Å². The third-order valence-corrected chi connectivity index (χ3v) is 18.3. The maximum absolute atomic E-state index is 14.8. The van der Waals surface area contributed by atoms with Gasteiger partial charge in [0.2, 0.25) is 0 Å². The van der Waals surface area contributed by atoms with Gasteiger partial charge in [-0.15, -0.1) is 0 Å². The fourth-order valence-electron chi connectivity index (χ4n) is 10.6. The number of halogens is 6. The van der Waals surface area contributed by atoms with E-state index in [9.17, 15) is 41.9 Å². The topological polar surface area (TPSA) is 304 Å². The molecule has 3 fully saturated rings. The first-order valence-electron chi connectivity index (χ1n) is 31.8. The molecule has 29 heteroatoms. The highest BCUT2D eigenvalue weighted by Gasteiger charge is 2.25. The van der Waals surface area contributed by atoms with Crippen molar-refractivity contribution in [2.75, 3.05) is 95.9 Å². The van der Waals surface area contributed by atoms with E-state index in [1.165, 1.54) is 42.5 Å². The van der Waals surface area contributed by atoms with Crippen molar-refractivity contribution < 1.29 is 46.7 Å². The van der Waals surface area contributed by atoms with E-state index in [-0.39, 0.29) is 67.9 Å². The summed E-state index contributed by atoms with van der Waals surface area (Å²) in [5.74, 6) is -2.10. The number of benzene rings is 6. The lowest BCUT2D eigenvalue weighted by molar-refractivity contribution is 0.0679. The lowest BCUT2D eigenvalue weighted by Gasteiger charge is -2.29. The molecule has 6 amide bonds. The first-order chi connectivity index (χ1) is 49.3. The predicted molar refractivity (Wildman–Crippen MR) is 399 cm³/mol. The number of para-hydroxylation sites is 3. The number of nitrogens with one attached hydrogen (secondary N) is 9. The van der Waals surface area contributed by atoms with E-state index in [4.69, 9.17) is 21.0 Å². The summed E-state index contributed by atoms with van der Waals surface area (Å²) >= 11 is 11.7. The molecule has 3 aliphatic heterocycles. The molecule has 6 aromatic carbocycles. The average Bonchev–Trinajstić information content (AvgIpc) is 0.830. The van der Waals surface area contributed by atoms with Crippen molar-refractivity contribution in [2.45, 2.75) is 19.3 Å². The number of amidine groups is 3. The first-order valence-corrected chi connectivity index (χ1v) is 35.4. The SMILES string of the molecule is N=C(c1ccc(C(=O)Nc2ccccc2C(=O)Nc2ccc(Br)cn2)c(F)c1)N1CCCCC1.N=C(c1ccc(C(=O)Nc2ccccc2C(=O)Nc2ccc(Br)cn2)c(F)c1)N1CCOCC1.N=C(c1ccc(C(=O)Nc2ccccc2C(=O)Nc2ccc(Br)cn2)c(F)c1)N1CCSCC1. The Morgan fingerprint density at radius 2 is 0.676 bits per heavy atom. The summed E-state index contributed by atoms with van der Waals surface area (Å²) in [4.78, 5) is 94.7. The highest BCUT2D eigenvalue weighted by Crippen LogP contribution is 2.26. The fraction of sp³-hybridized carbons (Fsp3) is 0.178. The normalized spacial score (nSPS) is 13.3. The van der Waals surface area contributed by atoms with Gasteiger partial charge in [-0.05, 0) is 176 Å². The molecule has 0 spiro atoms. The molecule has 6 heterocycles. The number of carbonyl (C=O) groups is 6. The van der Waals surface area contributed by atoms with Crippen molar-refractivity contribution in [1.29, 1.82) is 16.2 Å². The minimum atomic E-state index is -0.756. The second-order valence-corrected chi connectivity index (χ2v) is 26.8. The fourth-order valence-corrected chi connectivity index (χ4v) is 12.2. The number of rotatable bonds is 15. The quantitative estimate of drug-likeness (QED) is 0.0341. The van der Waals surface area contributed by atoms with Crippen molar-refractivity contribution in [1.82, 2.24) is 29.7 Å². The highest BCUT2D eigenvalue weighted by molar-refractivity contribution is 9.11. The summed E-state index contributed by atoms with van der Waals surface area (Å²) in [5.41, 5.74) is 2.03. The number of hydrogen-bond acceptors (Lipinski definition) is 14. The molecule has 12 rings (SSSR count). The van der Waals surface area contributed by atoms with Gasteiger partial charge in [-0.1, -0.05) is 54.6 Å². The third-order valence-electron chi connectivity index (χ3n) is 16.0. The van der Waals surface area contributed by atoms with Crippen LogP contribution < -0.4 is 31.9 Å². The molecule has 522 valence electrons. The van der Waals surface area contributed by atoms with Gasteiger partial charge in [0.15, 0.2) is 0 Å². The molecule has 0 aliphatic carbocycles. The Labute approximate surface area is 614 Å². The summed E-state index contributed by atoms with van der Waals surface area (Å²) in [6.45, 7) is 5.15. The van der Waals surface area contributed by atoms with Crippen LogP contribution in [-0.2, 0) is 4.74 Å². The van der Waals surface area contributed by atoms with Crippen LogP contribution in [0.2, 0.25) is 0 Å². The number of amides is 6. The maximum Gasteiger partial charge on any atom is 0.258 e. The second-order valence-electron chi connectivity index (χ2n) is 22.8. The lowest BCUT2D eigenvalue weighted by atomic mass is 10.1. The number of thioether (sulfide) groups is 1. The number of pyridine rings is 3. The first kappa shape index (κ1) is 74.2. The van der Waals surface area contributed by atoms with E-state index in [1.807, 2.05) is 21.6 Å². The molecule has 3 aliphatic rings. The minimum absolute atomic E-state index is 0.167. The van der Waals surface area contributed by atoms with Crippen LogP contribution in [0.15, 0.2) is 196 Å². The van der Waals surface area contributed by atoms with Crippen LogP contribution in [-0.4, -0.2) is 147 Å². The Balaban J connectivity index is 0.000000165. The zero-order valence-electron chi connectivity index (χ0n) is 54.2. The molecule has 0 unspecified atom stereocenters. The number of aromatic nitrogens is 3. The van der Waals surface area contributed by atoms with Gasteiger partial charge >= 0.3 is 0 Å². The number of hydrogen-bond donors (Lipinski definition) is 9. The van der Waals surface area contributed by atoms with E-state index in [0.717, 1.165) is 70.4 Å². The lowest BCUT2D eigenvalue weighted by Crippen LogP contribution is -2.40. The van der Waals surface area contributed by atoms with Gasteiger partial charge in [-0.2, -0.15) is 11.8 Å². The highest BCUT2D eigenvalue weighted by atomic mass is 79.9. The molecule has 0 radical (unpaired) electrons. The van der Waals surface area contributed by atoms with Crippen LogP contribution >= 0.6 is 59.6 Å². The number of ether oxygens (including phenoxy) is 1. The standard InChI is InChI=1S/C25H23BrFN5O2.C24H21BrFN5O3.C24H21BrFN5O2S/c26-17-9-11-22(29-15-17)31-25(34)19-6-2-3-7-21(19)30-24(33)18-10-8-16(14-20(18)27)23(28)32-12-4-1-5-13-32;2*25-16-6-8-21(28-14-16)30-24(33)18-3-1-2-4-20(18)29-23(32)17-7-5-15(13-19(17)26)22(27)31-9-11-34-12-10-31/h2-3,6-11,14-15,28H,1,4-5,12-13H2,(H,30,33)(H,29,31,34);2*1-8,13-14,27H,9-12H2,(H,29,32)(H,28,30,33). The molecule has 0 atom stereocenters. The van der Waals surface area contributed by atoms with Gasteiger partial charge < -0.3 is 51.3 Å². The van der Waals surface area contributed by atoms with Gasteiger partial charge in [0.25, 0.3) is 35.4 Å². The summed E-state index contributed by atoms with van der Waals surface area (Å²) in [6, 6.07) is 41.8. The number of piperidine rings is 1. The number of nitrogens with zero attached hydrogens (tertiary/aromatic N) is 6. The van der Waals surface area contributed by atoms with E-state index in [0.29, 0.717) is 60.4 Å². The van der Waals surface area contributed by atoms with E-state index in [2.05, 4.69) is 94.6 Å². The number of morpholine rings is 1. The van der Waals surface area contributed by atoms with Crippen molar-refractivity contribution >= 4 is 147 Å². The molecule has 9 N–H and O–H groups in total. The zero-order valence-corrected chi connectivity index (χ0v) is 59.8. The maximum atomic E-state index is 14.8. The monoisotopic (exact) mass is 1590 g/mol. The molecule has 0 bridgehead atoms. The van der Waals surface area contributed by atoms with Crippen LogP contribution in [0.1, 0.15) is 98.1 Å². The smallest absolute Gasteiger partial charge is 0.258 e. The number of carbonyl (C=O) groups excluding carboxylic acids is 6. The number of likely N-dealkylation sites (tertiary alicyclic amines) is 1. The Bertz CT molecular complexity index is 4150. The molecular weight excluding hydrogens is 1530 g/mol. The van der Waals surface area contributed by atoms with Crippen LogP contribution in [0.4, 0.5) is 47.7 Å². The van der Waals surface area contributed by atoms with Crippen molar-refractivity contribution in [2.24, 2.45) is 0 Å². The van der Waals surface area contributed by atoms with Crippen molar-refractivity contribution in [3.05, 3.63) is 263 Å². The van der Waals surface area contributed by atoms with E-state index >= 15 is 0 Å². The van der Waals surface area contributed by atoms with E-state index < -0.39 is 52.9 Å². The molecule has 0 saturated carbocycles. The summed E-state index contributed by atoms with van der Waals surface area (Å²) in [6.07, 6.45) is 7.82. The molecule has 3 aromatic heterocycles. The van der Waals surface area contributed by atoms with Gasteiger partial charge in [-0.25, -0.2) is 28.1 Å². The molecule has 22 nitrogen and oxygen atoms in total. The Kier molecular flexibility index (Phi) is 26.0. The summed E-state index contributed by atoms with van der Waals surface area (Å²) in [5, 5.41) is 40.9. The molecule has 9 aromatic rings. The largest absolute Gasteiger partial charge is 0.378 e. The Morgan fingerprint density at radius 1 is 0.373 bits per heavy atom. The van der Waals surface area contributed by atoms with Gasteiger partial charge in [-0.3, -0.25) is 45.0 Å². The van der Waals surface area contributed by atoms with Crippen molar-refractivity contribution in [3.63, 3.8) is 0 Å². The molecular formula is C73H65Br3F3N15O7S. The van der Waals surface area contributed by atoms with Gasteiger partial charge in [0.1, 0.15) is 52.4 Å². The van der Waals surface area contributed by atoms with Crippen LogP contribution in [0.5, 0.6) is 0 Å². The predicted octanol–water partition coefficient (Wildman–Crippen LogP) is 14.3. The third kappa shape index (κ3) is 20.0. The molecule has 102 heavy (non-hydrogen) atoms. The summed E-state index contributed by atoms with van der Waals surface area (Å²) in [7, 11) is 0. The van der Waals surface area contributed by atoms with Crippen LogP contribution in [0, 0.1) is 33.7 Å². The number of anilines is 6. The minimum Gasteiger partial charge on any atom is -0.378 e. The summed E-state index contributed by atoms with van der Waals surface area (Å²) < 4.78 is 52.1. The second kappa shape index (κ2) is 35.7. The zero-order chi connectivity index (χ0) is 72.2. The van der Waals surface area contributed by atoms with Gasteiger partial charge in [0, 0.05) is 99.5 Å². The van der Waals surface area contributed by atoms with E-state index in [1.54, 1.807) is 145 Å². The van der Waals surface area contributed by atoms with Gasteiger partial charge in [0.05, 0.1) is 63.7 Å². The van der Waals surface area contributed by atoms with Crippen LogP contribution in [0.3, 0.4) is 0 Å². The average molecular weight is 1590 g/mol. The Hall–Kier alpha value is -10.5. The van der Waals surface area contributed by atoms with Crippen LogP contribution in [0.25, 0.3) is 0 Å². The Morgan fingerprint density at radius 3 is 0.990 bits per heavy atom. The molecule has 3 saturated heterocycles.